The summed E-state index contributed by atoms with van der Waals surface area (Å²) in [5.41, 5.74) is 4.67. The van der Waals surface area contributed by atoms with Gasteiger partial charge in [-0.1, -0.05) is 60.7 Å². The van der Waals surface area contributed by atoms with Gasteiger partial charge in [-0.05, 0) is 47.2 Å². The number of hydrogen-bond donors (Lipinski definition) is 0. The fourth-order valence-corrected chi connectivity index (χ4v) is 3.57. The molecule has 0 spiro atoms. The van der Waals surface area contributed by atoms with Crippen LogP contribution in [0.2, 0.25) is 0 Å². The van der Waals surface area contributed by atoms with Crippen LogP contribution in [0.4, 0.5) is 0 Å². The maximum Gasteiger partial charge on any atom is 0.0709 e. The molecule has 0 aliphatic carbocycles. The van der Waals surface area contributed by atoms with Crippen LogP contribution in [-0.2, 0) is 6.42 Å². The van der Waals surface area contributed by atoms with E-state index in [1.165, 1.54) is 21.4 Å². The number of para-hydroxylation sites is 1. The number of aromatic nitrogens is 1. The Bertz CT molecular complexity index is 969. The standard InChI is InChI=1S/C22H17NS/c1-2-7-17(8-3-1)15-19(22-11-6-14-24-22)16-20-13-12-18-9-4-5-10-21(18)23-20/h1-14,16H,15H2. The fourth-order valence-electron chi connectivity index (χ4n) is 2.83. The molecule has 0 atom stereocenters. The molecule has 0 saturated carbocycles. The normalized spacial score (nSPS) is 11.8. The first kappa shape index (κ1) is 14.9. The van der Waals surface area contributed by atoms with Gasteiger partial charge in [0, 0.05) is 10.3 Å². The number of benzene rings is 2. The first-order chi connectivity index (χ1) is 11.9. The van der Waals surface area contributed by atoms with Crippen LogP contribution in [0.25, 0.3) is 22.6 Å². The second kappa shape index (κ2) is 6.81. The van der Waals surface area contributed by atoms with Crippen molar-refractivity contribution in [3.63, 3.8) is 0 Å². The highest BCUT2D eigenvalue weighted by Crippen LogP contribution is 2.26. The molecule has 1 nitrogen and oxygen atoms in total. The van der Waals surface area contributed by atoms with E-state index in [4.69, 9.17) is 4.98 Å². The molecular weight excluding hydrogens is 310 g/mol. The highest BCUT2D eigenvalue weighted by atomic mass is 32.1. The van der Waals surface area contributed by atoms with Gasteiger partial charge >= 0.3 is 0 Å². The van der Waals surface area contributed by atoms with Gasteiger partial charge in [0.05, 0.1) is 11.2 Å². The quantitative estimate of drug-likeness (QED) is 0.442. The topological polar surface area (TPSA) is 12.9 Å². The van der Waals surface area contributed by atoms with Gasteiger partial charge in [0.15, 0.2) is 0 Å². The minimum atomic E-state index is 0.913. The van der Waals surface area contributed by atoms with E-state index in [0.717, 1.165) is 17.6 Å². The number of allylic oxidation sites excluding steroid dienone is 1. The van der Waals surface area contributed by atoms with Crippen molar-refractivity contribution in [3.8, 4) is 0 Å². The van der Waals surface area contributed by atoms with Crippen LogP contribution in [0.1, 0.15) is 16.1 Å². The summed E-state index contributed by atoms with van der Waals surface area (Å²) < 4.78 is 0. The third-order valence-electron chi connectivity index (χ3n) is 4.02. The monoisotopic (exact) mass is 327 g/mol. The van der Waals surface area contributed by atoms with Crippen molar-refractivity contribution < 1.29 is 0 Å². The van der Waals surface area contributed by atoms with Crippen LogP contribution in [0.15, 0.2) is 84.2 Å². The molecule has 2 aromatic heterocycles. The minimum absolute atomic E-state index is 0.913. The summed E-state index contributed by atoms with van der Waals surface area (Å²) in [6.45, 7) is 0. The van der Waals surface area contributed by atoms with Gasteiger partial charge in [-0.3, -0.25) is 0 Å². The molecule has 4 aromatic rings. The van der Waals surface area contributed by atoms with Gasteiger partial charge in [-0.2, -0.15) is 0 Å². The lowest BCUT2D eigenvalue weighted by Gasteiger charge is -2.07. The van der Waals surface area contributed by atoms with Gasteiger partial charge in [0.25, 0.3) is 0 Å². The summed E-state index contributed by atoms with van der Waals surface area (Å²) in [7, 11) is 0. The van der Waals surface area contributed by atoms with Crippen molar-refractivity contribution >= 4 is 33.9 Å². The zero-order valence-corrected chi connectivity index (χ0v) is 14.0. The summed E-state index contributed by atoms with van der Waals surface area (Å²) in [6, 6.07) is 27.4. The molecule has 24 heavy (non-hydrogen) atoms. The van der Waals surface area contributed by atoms with E-state index in [1.54, 1.807) is 11.3 Å². The molecule has 116 valence electrons. The highest BCUT2D eigenvalue weighted by molar-refractivity contribution is 7.11. The smallest absolute Gasteiger partial charge is 0.0709 e. The average molecular weight is 327 g/mol. The van der Waals surface area contributed by atoms with Gasteiger partial charge in [0.1, 0.15) is 0 Å². The number of fused-ring (bicyclic) bond motifs is 1. The Morgan fingerprint density at radius 2 is 1.67 bits per heavy atom. The Balaban J connectivity index is 1.75. The number of hydrogen-bond acceptors (Lipinski definition) is 2. The van der Waals surface area contributed by atoms with Crippen LogP contribution in [0, 0.1) is 0 Å². The predicted molar refractivity (Wildman–Crippen MR) is 104 cm³/mol. The van der Waals surface area contributed by atoms with E-state index in [0.29, 0.717) is 0 Å². The lowest BCUT2D eigenvalue weighted by atomic mass is 10.0. The van der Waals surface area contributed by atoms with E-state index in [9.17, 15) is 0 Å². The van der Waals surface area contributed by atoms with E-state index in [1.807, 2.05) is 12.1 Å². The van der Waals surface area contributed by atoms with Crippen molar-refractivity contribution in [1.29, 1.82) is 0 Å². The lowest BCUT2D eigenvalue weighted by molar-refractivity contribution is 1.29. The van der Waals surface area contributed by atoms with Crippen molar-refractivity contribution in [2.24, 2.45) is 0 Å². The Labute approximate surface area is 145 Å². The van der Waals surface area contributed by atoms with Gasteiger partial charge in [-0.25, -0.2) is 4.98 Å². The predicted octanol–water partition coefficient (Wildman–Crippen LogP) is 6.08. The highest BCUT2D eigenvalue weighted by Gasteiger charge is 2.06. The Morgan fingerprint density at radius 3 is 2.50 bits per heavy atom. The summed E-state index contributed by atoms with van der Waals surface area (Å²) in [5, 5.41) is 3.30. The fraction of sp³-hybridized carbons (Fsp3) is 0.0455. The molecular formula is C22H17NS. The van der Waals surface area contributed by atoms with Crippen LogP contribution >= 0.6 is 11.3 Å². The minimum Gasteiger partial charge on any atom is -0.248 e. The summed E-state index contributed by atoms with van der Waals surface area (Å²) >= 11 is 1.78. The Kier molecular flexibility index (Phi) is 4.22. The SMILES string of the molecule is C(=C(Cc1ccccc1)c1cccs1)c1ccc2ccccc2n1. The second-order valence-electron chi connectivity index (χ2n) is 5.74. The molecule has 4 rings (SSSR count). The average Bonchev–Trinajstić information content (AvgIpc) is 3.17. The lowest BCUT2D eigenvalue weighted by Crippen LogP contribution is -1.90. The summed E-state index contributed by atoms with van der Waals surface area (Å²) in [6.07, 6.45) is 3.13. The van der Waals surface area contributed by atoms with E-state index < -0.39 is 0 Å². The van der Waals surface area contributed by atoms with Crippen molar-refractivity contribution in [1.82, 2.24) is 4.98 Å². The largest absolute Gasteiger partial charge is 0.248 e. The molecule has 0 fully saturated rings. The third-order valence-corrected chi connectivity index (χ3v) is 4.96. The van der Waals surface area contributed by atoms with Crippen molar-refractivity contribution in [3.05, 3.63) is 100 Å². The number of pyridine rings is 1. The van der Waals surface area contributed by atoms with Crippen LogP contribution in [-0.4, -0.2) is 4.98 Å². The Morgan fingerprint density at radius 1 is 0.833 bits per heavy atom. The summed E-state index contributed by atoms with van der Waals surface area (Å²) in [5.74, 6) is 0. The van der Waals surface area contributed by atoms with E-state index in [2.05, 4.69) is 78.2 Å². The molecule has 0 radical (unpaired) electrons. The summed E-state index contributed by atoms with van der Waals surface area (Å²) in [4.78, 5) is 6.09. The molecule has 0 N–H and O–H groups in total. The zero-order valence-electron chi connectivity index (χ0n) is 13.2. The van der Waals surface area contributed by atoms with E-state index >= 15 is 0 Å². The third kappa shape index (κ3) is 3.29. The van der Waals surface area contributed by atoms with Gasteiger partial charge in [-0.15, -0.1) is 11.3 Å². The molecule has 2 heteroatoms. The number of thiophene rings is 1. The molecule has 0 unspecified atom stereocenters. The maximum absolute atomic E-state index is 4.79. The molecule has 0 bridgehead atoms. The van der Waals surface area contributed by atoms with Gasteiger partial charge < -0.3 is 0 Å². The van der Waals surface area contributed by atoms with Crippen LogP contribution in [0.5, 0.6) is 0 Å². The molecule has 2 aromatic carbocycles. The zero-order chi connectivity index (χ0) is 16.2. The second-order valence-corrected chi connectivity index (χ2v) is 6.69. The molecule has 2 heterocycles. The molecule has 0 saturated heterocycles. The molecule has 0 amide bonds. The number of nitrogens with zero attached hydrogens (tertiary/aromatic N) is 1. The van der Waals surface area contributed by atoms with Gasteiger partial charge in [0.2, 0.25) is 0 Å². The number of rotatable bonds is 4. The Hall–Kier alpha value is -2.71. The van der Waals surface area contributed by atoms with E-state index in [-0.39, 0.29) is 0 Å². The molecule has 0 aliphatic rings. The maximum atomic E-state index is 4.79. The molecule has 0 aliphatic heterocycles. The van der Waals surface area contributed by atoms with Crippen LogP contribution < -0.4 is 0 Å². The first-order valence-electron chi connectivity index (χ1n) is 8.03. The van der Waals surface area contributed by atoms with Crippen LogP contribution in [0.3, 0.4) is 0 Å². The van der Waals surface area contributed by atoms with Crippen molar-refractivity contribution in [2.45, 2.75) is 6.42 Å². The first-order valence-corrected chi connectivity index (χ1v) is 8.91. The van der Waals surface area contributed by atoms with Crippen molar-refractivity contribution in [2.75, 3.05) is 0 Å².